The van der Waals surface area contributed by atoms with Crippen molar-refractivity contribution in [3.63, 3.8) is 0 Å². The Bertz CT molecular complexity index is 760. The van der Waals surface area contributed by atoms with Crippen LogP contribution in [0, 0.1) is 0 Å². The molecule has 2 amide bonds. The number of carbonyl (C=O) groups excluding carboxylic acids is 2. The first-order valence-electron chi connectivity index (χ1n) is 7.35. The fourth-order valence-electron chi connectivity index (χ4n) is 2.23. The van der Waals surface area contributed by atoms with E-state index in [9.17, 15) is 9.59 Å². The van der Waals surface area contributed by atoms with Gasteiger partial charge in [0.1, 0.15) is 5.75 Å². The Morgan fingerprint density at radius 3 is 2.54 bits per heavy atom. The van der Waals surface area contributed by atoms with Crippen molar-refractivity contribution in [3.8, 4) is 5.75 Å². The largest absolute Gasteiger partial charge is 0.496 e. The number of nitrogens with one attached hydrogen (secondary N) is 1. The topological polar surface area (TPSA) is 58.6 Å². The van der Waals surface area contributed by atoms with E-state index in [1.165, 1.54) is 4.90 Å². The van der Waals surface area contributed by atoms with Gasteiger partial charge in [0.15, 0.2) is 0 Å². The molecule has 0 saturated heterocycles. The van der Waals surface area contributed by atoms with Crippen LogP contribution in [0.1, 0.15) is 15.9 Å². The van der Waals surface area contributed by atoms with E-state index in [-0.39, 0.29) is 18.2 Å². The first-order valence-corrected chi connectivity index (χ1v) is 7.73. The quantitative estimate of drug-likeness (QED) is 0.904. The highest BCUT2D eigenvalue weighted by molar-refractivity contribution is 6.33. The minimum Gasteiger partial charge on any atom is -0.496 e. The molecule has 0 aromatic heterocycles. The van der Waals surface area contributed by atoms with Crippen molar-refractivity contribution < 1.29 is 14.3 Å². The molecule has 2 aromatic rings. The Morgan fingerprint density at radius 1 is 1.17 bits per heavy atom. The molecule has 0 saturated carbocycles. The number of nitrogens with zero attached hydrogens (tertiary/aromatic N) is 1. The maximum atomic E-state index is 12.3. The van der Waals surface area contributed by atoms with E-state index in [4.69, 9.17) is 16.3 Å². The van der Waals surface area contributed by atoms with Gasteiger partial charge in [0.25, 0.3) is 5.91 Å². The van der Waals surface area contributed by atoms with Gasteiger partial charge in [-0.1, -0.05) is 29.8 Å². The molecular formula is C18H19ClN2O3. The molecular weight excluding hydrogens is 328 g/mol. The van der Waals surface area contributed by atoms with Crippen molar-refractivity contribution in [1.29, 1.82) is 0 Å². The van der Waals surface area contributed by atoms with Crippen molar-refractivity contribution in [3.05, 3.63) is 58.6 Å². The zero-order valence-corrected chi connectivity index (χ0v) is 14.6. The fourth-order valence-corrected chi connectivity index (χ4v) is 2.39. The molecule has 0 aliphatic rings. The first kappa shape index (κ1) is 17.8. The van der Waals surface area contributed by atoms with Crippen LogP contribution in [0.2, 0.25) is 5.02 Å². The van der Waals surface area contributed by atoms with Crippen LogP contribution in [-0.4, -0.2) is 37.9 Å². The second-order valence-corrected chi connectivity index (χ2v) is 5.84. The molecule has 1 N–H and O–H groups in total. The third kappa shape index (κ3) is 4.26. The minimum atomic E-state index is -0.240. The van der Waals surface area contributed by atoms with Gasteiger partial charge < -0.3 is 15.0 Å². The van der Waals surface area contributed by atoms with Crippen LogP contribution < -0.4 is 10.1 Å². The van der Waals surface area contributed by atoms with Crippen LogP contribution >= 0.6 is 11.6 Å². The van der Waals surface area contributed by atoms with Gasteiger partial charge in [0.05, 0.1) is 24.2 Å². The number of carbonyl (C=O) groups is 2. The first-order chi connectivity index (χ1) is 11.4. The van der Waals surface area contributed by atoms with E-state index < -0.39 is 0 Å². The molecule has 0 spiro atoms. The molecule has 2 rings (SSSR count). The molecule has 5 nitrogen and oxygen atoms in total. The molecule has 0 bridgehead atoms. The van der Waals surface area contributed by atoms with E-state index in [1.807, 2.05) is 18.2 Å². The lowest BCUT2D eigenvalue weighted by molar-refractivity contribution is -0.115. The number of rotatable bonds is 5. The maximum absolute atomic E-state index is 12.3. The number of benzene rings is 2. The lowest BCUT2D eigenvalue weighted by Crippen LogP contribution is -2.22. The summed E-state index contributed by atoms with van der Waals surface area (Å²) in [5.74, 6) is 0.248. The minimum absolute atomic E-state index is 0.145. The van der Waals surface area contributed by atoms with Crippen molar-refractivity contribution >= 4 is 29.1 Å². The summed E-state index contributed by atoms with van der Waals surface area (Å²) in [6, 6.07) is 12.1. The zero-order chi connectivity index (χ0) is 17.7. The predicted molar refractivity (Wildman–Crippen MR) is 94.8 cm³/mol. The van der Waals surface area contributed by atoms with Gasteiger partial charge in [-0.2, -0.15) is 0 Å². The van der Waals surface area contributed by atoms with Gasteiger partial charge in [-0.3, -0.25) is 9.59 Å². The molecule has 0 radical (unpaired) electrons. The van der Waals surface area contributed by atoms with E-state index in [0.717, 1.165) is 5.56 Å². The van der Waals surface area contributed by atoms with Crippen LogP contribution in [0.15, 0.2) is 42.5 Å². The maximum Gasteiger partial charge on any atom is 0.253 e. The van der Waals surface area contributed by atoms with Gasteiger partial charge >= 0.3 is 0 Å². The van der Waals surface area contributed by atoms with E-state index in [0.29, 0.717) is 22.0 Å². The zero-order valence-electron chi connectivity index (χ0n) is 13.8. The molecule has 0 aliphatic carbocycles. The summed E-state index contributed by atoms with van der Waals surface area (Å²) < 4.78 is 5.24. The van der Waals surface area contributed by atoms with Crippen LogP contribution in [0.3, 0.4) is 0 Å². The summed E-state index contributed by atoms with van der Waals surface area (Å²) in [4.78, 5) is 25.8. The predicted octanol–water partition coefficient (Wildman–Crippen LogP) is 3.23. The molecule has 0 unspecified atom stereocenters. The SMILES string of the molecule is COc1ccccc1CC(=O)Nc1cc(C(=O)N(C)C)ccc1Cl. The van der Waals surface area contributed by atoms with E-state index >= 15 is 0 Å². The van der Waals surface area contributed by atoms with Crippen LogP contribution in [0.25, 0.3) is 0 Å². The highest BCUT2D eigenvalue weighted by Gasteiger charge is 2.14. The third-order valence-corrected chi connectivity index (χ3v) is 3.77. The smallest absolute Gasteiger partial charge is 0.253 e. The molecule has 0 heterocycles. The summed E-state index contributed by atoms with van der Waals surface area (Å²) in [5, 5.41) is 3.12. The van der Waals surface area contributed by atoms with Crippen LogP contribution in [0.5, 0.6) is 5.75 Å². The number of methoxy groups -OCH3 is 1. The Hall–Kier alpha value is -2.53. The summed E-state index contributed by atoms with van der Waals surface area (Å²) in [5.41, 5.74) is 1.63. The summed E-state index contributed by atoms with van der Waals surface area (Å²) in [6.45, 7) is 0. The van der Waals surface area contributed by atoms with Gasteiger partial charge in [-0.15, -0.1) is 0 Å². The normalized spacial score (nSPS) is 10.2. The van der Waals surface area contributed by atoms with E-state index in [1.54, 1.807) is 45.5 Å². The number of ether oxygens (including phenoxy) is 1. The number of amides is 2. The monoisotopic (exact) mass is 346 g/mol. The number of halogens is 1. The highest BCUT2D eigenvalue weighted by atomic mass is 35.5. The highest BCUT2D eigenvalue weighted by Crippen LogP contribution is 2.24. The van der Waals surface area contributed by atoms with E-state index in [2.05, 4.69) is 5.32 Å². The average molecular weight is 347 g/mol. The van der Waals surface area contributed by atoms with Crippen molar-refractivity contribution in [2.75, 3.05) is 26.5 Å². The molecule has 24 heavy (non-hydrogen) atoms. The van der Waals surface area contributed by atoms with Gasteiger partial charge in [0.2, 0.25) is 5.91 Å². The second-order valence-electron chi connectivity index (χ2n) is 5.43. The number of hydrogen-bond acceptors (Lipinski definition) is 3. The van der Waals surface area contributed by atoms with Crippen LogP contribution in [0.4, 0.5) is 5.69 Å². The molecule has 6 heteroatoms. The molecule has 2 aromatic carbocycles. The van der Waals surface area contributed by atoms with Crippen molar-refractivity contribution in [2.45, 2.75) is 6.42 Å². The Morgan fingerprint density at radius 2 is 1.88 bits per heavy atom. The molecule has 126 valence electrons. The van der Waals surface area contributed by atoms with Crippen LogP contribution in [-0.2, 0) is 11.2 Å². The van der Waals surface area contributed by atoms with Gasteiger partial charge in [-0.25, -0.2) is 0 Å². The van der Waals surface area contributed by atoms with Gasteiger partial charge in [0, 0.05) is 25.2 Å². The number of anilines is 1. The number of para-hydroxylation sites is 1. The standard InChI is InChI=1S/C18H19ClN2O3/c1-21(2)18(23)13-8-9-14(19)15(10-13)20-17(22)11-12-6-4-5-7-16(12)24-3/h4-10H,11H2,1-3H3,(H,20,22). The number of hydrogen-bond donors (Lipinski definition) is 1. The lowest BCUT2D eigenvalue weighted by Gasteiger charge is -2.13. The molecule has 0 atom stereocenters. The Labute approximate surface area is 146 Å². The van der Waals surface area contributed by atoms with Gasteiger partial charge in [-0.05, 0) is 24.3 Å². The summed E-state index contributed by atoms with van der Waals surface area (Å²) in [6.07, 6.45) is 0.145. The van der Waals surface area contributed by atoms with Crippen molar-refractivity contribution in [1.82, 2.24) is 4.90 Å². The fraction of sp³-hybridized carbons (Fsp3) is 0.222. The average Bonchev–Trinajstić information content (AvgIpc) is 2.56. The summed E-state index contributed by atoms with van der Waals surface area (Å²) >= 11 is 6.12. The van der Waals surface area contributed by atoms with Crippen molar-refractivity contribution in [2.24, 2.45) is 0 Å². The lowest BCUT2D eigenvalue weighted by atomic mass is 10.1. The third-order valence-electron chi connectivity index (χ3n) is 3.44. The molecule has 0 aliphatic heterocycles. The Kier molecular flexibility index (Phi) is 5.82. The Balaban J connectivity index is 2.16. The second kappa shape index (κ2) is 7.84. The summed E-state index contributed by atoms with van der Waals surface area (Å²) in [7, 11) is 4.89. The molecule has 0 fully saturated rings.